The van der Waals surface area contributed by atoms with Gasteiger partial charge < -0.3 is 13.7 Å². The summed E-state index contributed by atoms with van der Waals surface area (Å²) in [6.07, 6.45) is -2.48. The van der Waals surface area contributed by atoms with Crippen molar-refractivity contribution in [2.45, 2.75) is 6.18 Å². The standard InChI is InChI=1S/C17H8Cl2F4N4O2/c1-28-13-4-9(18)8(3-11(13)20)14-25-16(29-26-14)12-6-27-5-7(17(21,22)23)2-10(19)15(27)24-12/h2-6H,1H3. The SMILES string of the molecule is COc1cc(Cl)c(-c2noc(-c3cn4cc(C(F)(F)F)cc(Cl)c4n3)n2)cc1F. The van der Waals surface area contributed by atoms with Gasteiger partial charge in [0, 0.05) is 24.0 Å². The molecule has 0 aliphatic carbocycles. The number of fused-ring (bicyclic) bond motifs is 1. The first kappa shape index (κ1) is 19.5. The fourth-order valence-corrected chi connectivity index (χ4v) is 3.10. The molecule has 1 aromatic carbocycles. The molecular formula is C17H8Cl2F4N4O2. The van der Waals surface area contributed by atoms with Crippen molar-refractivity contribution in [3.8, 4) is 28.7 Å². The number of halogens is 6. The lowest BCUT2D eigenvalue weighted by molar-refractivity contribution is -0.137. The van der Waals surface area contributed by atoms with Crippen LogP contribution in [-0.2, 0) is 6.18 Å². The molecule has 6 nitrogen and oxygen atoms in total. The van der Waals surface area contributed by atoms with Gasteiger partial charge in [0.25, 0.3) is 5.89 Å². The zero-order valence-corrected chi connectivity index (χ0v) is 15.8. The maximum absolute atomic E-state index is 14.0. The molecule has 0 bridgehead atoms. The highest BCUT2D eigenvalue weighted by Gasteiger charge is 2.32. The number of nitrogens with zero attached hydrogens (tertiary/aromatic N) is 4. The minimum atomic E-state index is -4.57. The van der Waals surface area contributed by atoms with Gasteiger partial charge in [-0.15, -0.1) is 0 Å². The number of benzene rings is 1. The van der Waals surface area contributed by atoms with Crippen molar-refractivity contribution in [1.82, 2.24) is 19.5 Å². The van der Waals surface area contributed by atoms with Crippen LogP contribution in [0.15, 0.2) is 35.1 Å². The summed E-state index contributed by atoms with van der Waals surface area (Å²) in [5.41, 5.74) is -0.648. The van der Waals surface area contributed by atoms with E-state index in [4.69, 9.17) is 32.5 Å². The van der Waals surface area contributed by atoms with Gasteiger partial charge in [-0.1, -0.05) is 28.4 Å². The molecule has 0 amide bonds. The van der Waals surface area contributed by atoms with Gasteiger partial charge in [-0.25, -0.2) is 9.37 Å². The van der Waals surface area contributed by atoms with E-state index < -0.39 is 17.6 Å². The van der Waals surface area contributed by atoms with Crippen LogP contribution in [0.25, 0.3) is 28.6 Å². The number of hydrogen-bond donors (Lipinski definition) is 0. The topological polar surface area (TPSA) is 65.5 Å². The third-order valence-corrected chi connectivity index (χ3v) is 4.55. The van der Waals surface area contributed by atoms with E-state index in [0.29, 0.717) is 0 Å². The lowest BCUT2D eigenvalue weighted by Gasteiger charge is -2.07. The van der Waals surface area contributed by atoms with Crippen molar-refractivity contribution in [1.29, 1.82) is 0 Å². The van der Waals surface area contributed by atoms with Gasteiger partial charge in [0.05, 0.1) is 22.7 Å². The Hall–Kier alpha value is -2.85. The Balaban J connectivity index is 1.76. The van der Waals surface area contributed by atoms with E-state index in [-0.39, 0.29) is 44.4 Å². The van der Waals surface area contributed by atoms with Gasteiger partial charge >= 0.3 is 6.18 Å². The molecule has 12 heteroatoms. The third-order valence-electron chi connectivity index (χ3n) is 3.96. The van der Waals surface area contributed by atoms with Crippen LogP contribution in [-0.4, -0.2) is 26.6 Å². The van der Waals surface area contributed by atoms with Gasteiger partial charge in [0.15, 0.2) is 17.2 Å². The first-order valence-electron chi connectivity index (χ1n) is 7.80. The molecule has 4 aromatic rings. The summed E-state index contributed by atoms with van der Waals surface area (Å²) in [6, 6.07) is 3.10. The quantitative estimate of drug-likeness (QED) is 0.387. The number of pyridine rings is 1. The van der Waals surface area contributed by atoms with E-state index in [1.165, 1.54) is 19.4 Å². The molecule has 29 heavy (non-hydrogen) atoms. The van der Waals surface area contributed by atoms with Crippen molar-refractivity contribution in [2.24, 2.45) is 0 Å². The highest BCUT2D eigenvalue weighted by atomic mass is 35.5. The molecule has 150 valence electrons. The van der Waals surface area contributed by atoms with Gasteiger partial charge in [-0.05, 0) is 12.1 Å². The Morgan fingerprint density at radius 3 is 2.52 bits per heavy atom. The molecule has 0 saturated heterocycles. The molecule has 0 radical (unpaired) electrons. The van der Waals surface area contributed by atoms with Crippen LogP contribution in [0, 0.1) is 5.82 Å². The van der Waals surface area contributed by atoms with Crippen molar-refractivity contribution < 1.29 is 26.8 Å². The van der Waals surface area contributed by atoms with E-state index >= 15 is 0 Å². The van der Waals surface area contributed by atoms with E-state index in [1.807, 2.05) is 0 Å². The van der Waals surface area contributed by atoms with Gasteiger partial charge in [-0.3, -0.25) is 0 Å². The second-order valence-corrected chi connectivity index (χ2v) is 6.64. The highest BCUT2D eigenvalue weighted by Crippen LogP contribution is 2.35. The van der Waals surface area contributed by atoms with Crippen LogP contribution < -0.4 is 4.74 Å². The molecule has 0 N–H and O–H groups in total. The molecule has 0 aliphatic rings. The van der Waals surface area contributed by atoms with E-state index in [1.54, 1.807) is 0 Å². The first-order chi connectivity index (χ1) is 13.7. The average Bonchev–Trinajstić information content (AvgIpc) is 3.29. The predicted molar refractivity (Wildman–Crippen MR) is 95.5 cm³/mol. The van der Waals surface area contributed by atoms with Crippen LogP contribution in [0.1, 0.15) is 5.56 Å². The summed E-state index contributed by atoms with van der Waals surface area (Å²) < 4.78 is 63.9. The van der Waals surface area contributed by atoms with Crippen LogP contribution in [0.5, 0.6) is 5.75 Å². The number of alkyl halides is 3. The first-order valence-corrected chi connectivity index (χ1v) is 8.56. The normalized spacial score (nSPS) is 12.0. The Morgan fingerprint density at radius 2 is 1.83 bits per heavy atom. The highest BCUT2D eigenvalue weighted by molar-refractivity contribution is 6.33. The Bertz CT molecular complexity index is 1240. The molecule has 0 unspecified atom stereocenters. The number of ether oxygens (including phenoxy) is 1. The molecule has 0 atom stereocenters. The van der Waals surface area contributed by atoms with Crippen molar-refractivity contribution in [3.05, 3.63) is 52.0 Å². The fourth-order valence-electron chi connectivity index (χ4n) is 2.61. The summed E-state index contributed by atoms with van der Waals surface area (Å²) in [5, 5.41) is 3.64. The molecule has 0 fully saturated rings. The smallest absolute Gasteiger partial charge is 0.417 e. The molecule has 0 aliphatic heterocycles. The van der Waals surface area contributed by atoms with Crippen molar-refractivity contribution in [2.75, 3.05) is 7.11 Å². The van der Waals surface area contributed by atoms with Crippen molar-refractivity contribution in [3.63, 3.8) is 0 Å². The molecular weight excluding hydrogens is 439 g/mol. The third kappa shape index (κ3) is 3.49. The summed E-state index contributed by atoms with van der Waals surface area (Å²) in [5.74, 6) is -0.887. The monoisotopic (exact) mass is 446 g/mol. The van der Waals surface area contributed by atoms with E-state index in [2.05, 4.69) is 15.1 Å². The fraction of sp³-hybridized carbons (Fsp3) is 0.118. The van der Waals surface area contributed by atoms with Crippen LogP contribution in [0.4, 0.5) is 17.6 Å². The van der Waals surface area contributed by atoms with Gasteiger partial charge in [0.1, 0.15) is 5.69 Å². The molecule has 0 saturated carbocycles. The number of aromatic nitrogens is 4. The van der Waals surface area contributed by atoms with E-state index in [9.17, 15) is 17.6 Å². The largest absolute Gasteiger partial charge is 0.494 e. The van der Waals surface area contributed by atoms with Crippen LogP contribution in [0.3, 0.4) is 0 Å². The maximum Gasteiger partial charge on any atom is 0.417 e. The van der Waals surface area contributed by atoms with Gasteiger partial charge in [0.2, 0.25) is 5.82 Å². The molecule has 3 aromatic heterocycles. The van der Waals surface area contributed by atoms with Crippen LogP contribution >= 0.6 is 23.2 Å². The average molecular weight is 447 g/mol. The Kier molecular flexibility index (Phi) is 4.62. The Labute approximate surface area is 169 Å². The zero-order valence-electron chi connectivity index (χ0n) is 14.3. The zero-order chi connectivity index (χ0) is 20.9. The number of methoxy groups -OCH3 is 1. The number of rotatable bonds is 3. The summed E-state index contributed by atoms with van der Waals surface area (Å²) in [4.78, 5) is 8.21. The van der Waals surface area contributed by atoms with Crippen LogP contribution in [0.2, 0.25) is 10.0 Å². The second-order valence-electron chi connectivity index (χ2n) is 5.82. The maximum atomic E-state index is 14.0. The predicted octanol–water partition coefficient (Wildman–Crippen LogP) is 5.52. The summed E-state index contributed by atoms with van der Waals surface area (Å²) in [7, 11) is 1.29. The molecule has 0 spiro atoms. The Morgan fingerprint density at radius 1 is 1.07 bits per heavy atom. The summed E-state index contributed by atoms with van der Waals surface area (Å²) >= 11 is 12.0. The lowest BCUT2D eigenvalue weighted by atomic mass is 10.2. The number of imidazole rings is 1. The van der Waals surface area contributed by atoms with Gasteiger partial charge in [-0.2, -0.15) is 18.2 Å². The minimum absolute atomic E-state index is 0.0364. The number of hydrogen-bond acceptors (Lipinski definition) is 5. The second kappa shape index (κ2) is 6.89. The molecule has 4 rings (SSSR count). The summed E-state index contributed by atoms with van der Waals surface area (Å²) in [6.45, 7) is 0. The lowest BCUT2D eigenvalue weighted by Crippen LogP contribution is -2.06. The minimum Gasteiger partial charge on any atom is -0.494 e. The molecule has 3 heterocycles. The van der Waals surface area contributed by atoms with E-state index in [0.717, 1.165) is 22.7 Å². The van der Waals surface area contributed by atoms with Crippen molar-refractivity contribution >= 4 is 28.8 Å².